The molecule has 1 aliphatic heterocycles. The highest BCUT2D eigenvalue weighted by atomic mass is 19.3. The van der Waals surface area contributed by atoms with E-state index in [1.807, 2.05) is 0 Å². The van der Waals surface area contributed by atoms with Gasteiger partial charge in [-0.2, -0.15) is 0 Å². The first-order valence-electron chi connectivity index (χ1n) is 6.73. The second kappa shape index (κ2) is 4.68. The lowest BCUT2D eigenvalue weighted by atomic mass is 9.61. The number of ether oxygens (including phenoxy) is 1. The molecule has 0 bridgehead atoms. The van der Waals surface area contributed by atoms with Crippen LogP contribution >= 0.6 is 0 Å². The number of hydrogen-bond donors (Lipinski definition) is 0. The summed E-state index contributed by atoms with van der Waals surface area (Å²) in [4.78, 5) is 17.4. The number of carbonyl (C=O) groups is 1. The van der Waals surface area contributed by atoms with Crippen molar-refractivity contribution < 1.29 is 18.3 Å². The summed E-state index contributed by atoms with van der Waals surface area (Å²) < 4.78 is 31.2. The summed E-state index contributed by atoms with van der Waals surface area (Å²) in [6.45, 7) is 0.963. The van der Waals surface area contributed by atoms with Crippen LogP contribution in [-0.2, 0) is 0 Å². The molecule has 1 aromatic heterocycles. The maximum Gasteiger partial charge on any atom is 0.415 e. The van der Waals surface area contributed by atoms with Crippen LogP contribution in [0.3, 0.4) is 0 Å². The number of likely N-dealkylation sites (tertiary alicyclic amines) is 1. The first kappa shape index (κ1) is 13.3. The highest BCUT2D eigenvalue weighted by molar-refractivity contribution is 5.70. The van der Waals surface area contributed by atoms with E-state index in [1.165, 1.54) is 6.20 Å². The summed E-state index contributed by atoms with van der Waals surface area (Å²) in [6.07, 6.45) is 3.82. The average molecular weight is 282 g/mol. The Kier molecular flexibility index (Phi) is 3.11. The Morgan fingerprint density at radius 1 is 1.30 bits per heavy atom. The largest absolute Gasteiger partial charge is 0.415 e. The average Bonchev–Trinajstić information content (AvgIpc) is 2.38. The Bertz CT molecular complexity index is 489. The molecule has 0 atom stereocenters. The van der Waals surface area contributed by atoms with Gasteiger partial charge >= 0.3 is 6.09 Å². The van der Waals surface area contributed by atoms with Crippen molar-refractivity contribution in [3.05, 3.63) is 24.5 Å². The monoisotopic (exact) mass is 282 g/mol. The van der Waals surface area contributed by atoms with E-state index in [9.17, 15) is 13.6 Å². The molecule has 2 heterocycles. The highest BCUT2D eigenvalue weighted by Gasteiger charge is 2.57. The van der Waals surface area contributed by atoms with Crippen LogP contribution in [0.2, 0.25) is 0 Å². The molecule has 1 aromatic rings. The van der Waals surface area contributed by atoms with E-state index >= 15 is 0 Å². The molecule has 2 fully saturated rings. The van der Waals surface area contributed by atoms with Crippen LogP contribution in [0.1, 0.15) is 25.7 Å². The summed E-state index contributed by atoms with van der Waals surface area (Å²) in [7, 11) is 0. The Balaban J connectivity index is 1.52. The van der Waals surface area contributed by atoms with Crippen molar-refractivity contribution in [3.8, 4) is 5.75 Å². The Labute approximate surface area is 115 Å². The second-order valence-corrected chi connectivity index (χ2v) is 5.75. The zero-order chi connectivity index (χ0) is 14.2. The van der Waals surface area contributed by atoms with Gasteiger partial charge in [-0.25, -0.2) is 13.6 Å². The molecule has 1 saturated heterocycles. The lowest BCUT2D eigenvalue weighted by molar-refractivity contribution is -0.175. The van der Waals surface area contributed by atoms with Gasteiger partial charge < -0.3 is 9.64 Å². The van der Waals surface area contributed by atoms with Crippen molar-refractivity contribution in [3.63, 3.8) is 0 Å². The van der Waals surface area contributed by atoms with E-state index in [0.29, 0.717) is 31.7 Å². The van der Waals surface area contributed by atoms with Gasteiger partial charge in [0.2, 0.25) is 5.92 Å². The molecule has 1 saturated carbocycles. The lowest BCUT2D eigenvalue weighted by Crippen LogP contribution is -2.53. The van der Waals surface area contributed by atoms with Crippen molar-refractivity contribution in [1.29, 1.82) is 0 Å². The third-order valence-corrected chi connectivity index (χ3v) is 4.19. The molecule has 0 aromatic carbocycles. The molecule has 2 aliphatic rings. The van der Waals surface area contributed by atoms with Crippen LogP contribution in [-0.4, -0.2) is 35.0 Å². The van der Waals surface area contributed by atoms with Crippen molar-refractivity contribution in [2.75, 3.05) is 13.1 Å². The van der Waals surface area contributed by atoms with E-state index in [4.69, 9.17) is 4.74 Å². The van der Waals surface area contributed by atoms with Crippen LogP contribution in [0, 0.1) is 5.41 Å². The molecule has 0 unspecified atom stereocenters. The molecular weight excluding hydrogens is 266 g/mol. The number of pyridine rings is 1. The van der Waals surface area contributed by atoms with E-state index < -0.39 is 12.0 Å². The van der Waals surface area contributed by atoms with Gasteiger partial charge in [0, 0.05) is 32.1 Å². The predicted octanol–water partition coefficient (Wildman–Crippen LogP) is 3.09. The minimum atomic E-state index is -2.50. The molecule has 108 valence electrons. The van der Waals surface area contributed by atoms with E-state index in [1.54, 1.807) is 23.2 Å². The van der Waals surface area contributed by atoms with Gasteiger partial charge in [0.25, 0.3) is 0 Å². The van der Waals surface area contributed by atoms with Crippen LogP contribution in [0.5, 0.6) is 5.75 Å². The van der Waals surface area contributed by atoms with Crippen molar-refractivity contribution in [1.82, 2.24) is 9.88 Å². The number of nitrogens with zero attached hydrogens (tertiary/aromatic N) is 2. The first-order valence-corrected chi connectivity index (χ1v) is 6.73. The van der Waals surface area contributed by atoms with Crippen molar-refractivity contribution in [2.24, 2.45) is 5.41 Å². The maximum absolute atomic E-state index is 13.0. The van der Waals surface area contributed by atoms with Gasteiger partial charge in [-0.05, 0) is 30.4 Å². The number of amides is 1. The molecule has 6 heteroatoms. The number of carbonyl (C=O) groups excluding carboxylic acids is 1. The number of rotatable bonds is 1. The predicted molar refractivity (Wildman–Crippen MR) is 67.7 cm³/mol. The van der Waals surface area contributed by atoms with Gasteiger partial charge in [0.05, 0.1) is 6.20 Å². The third kappa shape index (κ3) is 2.59. The third-order valence-electron chi connectivity index (χ3n) is 4.19. The molecule has 4 nitrogen and oxygen atoms in total. The molecular formula is C14H16F2N2O2. The normalized spacial score (nSPS) is 23.2. The number of alkyl halides is 2. The van der Waals surface area contributed by atoms with E-state index in [-0.39, 0.29) is 18.3 Å². The topological polar surface area (TPSA) is 42.4 Å². The quantitative estimate of drug-likeness (QED) is 0.795. The SMILES string of the molecule is O=C(Oc1cccnc1)N1CCC2(CC1)CC(F)(F)C2. The van der Waals surface area contributed by atoms with Gasteiger partial charge in [-0.1, -0.05) is 0 Å². The van der Waals surface area contributed by atoms with E-state index in [2.05, 4.69) is 4.98 Å². The fourth-order valence-corrected chi connectivity index (χ4v) is 3.14. The standard InChI is InChI=1S/C14H16F2N2O2/c15-14(16)9-13(10-14)3-6-18(7-4-13)12(19)20-11-2-1-5-17-8-11/h1-2,5,8H,3-4,6-7,9-10H2. The molecule has 20 heavy (non-hydrogen) atoms. The first-order chi connectivity index (χ1) is 9.48. The molecule has 3 rings (SSSR count). The van der Waals surface area contributed by atoms with Crippen LogP contribution in [0.15, 0.2) is 24.5 Å². The van der Waals surface area contributed by atoms with Crippen molar-refractivity contribution in [2.45, 2.75) is 31.6 Å². The second-order valence-electron chi connectivity index (χ2n) is 5.75. The van der Waals surface area contributed by atoms with Gasteiger partial charge in [-0.3, -0.25) is 4.98 Å². The molecule has 1 amide bonds. The van der Waals surface area contributed by atoms with Crippen LogP contribution < -0.4 is 4.74 Å². The fraction of sp³-hybridized carbons (Fsp3) is 0.571. The zero-order valence-electron chi connectivity index (χ0n) is 11.0. The molecule has 1 aliphatic carbocycles. The van der Waals surface area contributed by atoms with Crippen LogP contribution in [0.4, 0.5) is 13.6 Å². The highest BCUT2D eigenvalue weighted by Crippen LogP contribution is 2.57. The minimum Gasteiger partial charge on any atom is -0.409 e. The van der Waals surface area contributed by atoms with Crippen molar-refractivity contribution >= 4 is 6.09 Å². The summed E-state index contributed by atoms with van der Waals surface area (Å²) in [5.41, 5.74) is -0.255. The number of piperidine rings is 1. The number of hydrogen-bond acceptors (Lipinski definition) is 3. The zero-order valence-corrected chi connectivity index (χ0v) is 11.0. The van der Waals surface area contributed by atoms with Gasteiger partial charge in [-0.15, -0.1) is 0 Å². The molecule has 1 spiro atoms. The molecule has 0 radical (unpaired) electrons. The van der Waals surface area contributed by atoms with E-state index in [0.717, 1.165) is 0 Å². The fourth-order valence-electron chi connectivity index (χ4n) is 3.14. The number of halogens is 2. The summed E-state index contributed by atoms with van der Waals surface area (Å²) in [5.74, 6) is -2.11. The number of aromatic nitrogens is 1. The summed E-state index contributed by atoms with van der Waals surface area (Å²) >= 11 is 0. The maximum atomic E-state index is 13.0. The van der Waals surface area contributed by atoms with Gasteiger partial charge in [0.15, 0.2) is 5.75 Å². The summed E-state index contributed by atoms with van der Waals surface area (Å²) in [6, 6.07) is 3.34. The summed E-state index contributed by atoms with van der Waals surface area (Å²) in [5, 5.41) is 0. The minimum absolute atomic E-state index is 0.0362. The van der Waals surface area contributed by atoms with Gasteiger partial charge in [0.1, 0.15) is 0 Å². The Hall–Kier alpha value is -1.72. The van der Waals surface area contributed by atoms with Crippen LogP contribution in [0.25, 0.3) is 0 Å². The smallest absolute Gasteiger partial charge is 0.409 e. The Morgan fingerprint density at radius 2 is 2.00 bits per heavy atom. The lowest BCUT2D eigenvalue weighted by Gasteiger charge is -2.51. The Morgan fingerprint density at radius 3 is 2.55 bits per heavy atom. The molecule has 0 N–H and O–H groups in total.